The molecule has 3 aromatic rings. The molecule has 28 heavy (non-hydrogen) atoms. The van der Waals surface area contributed by atoms with Crippen LogP contribution in [-0.4, -0.2) is 35.2 Å². The Kier molecular flexibility index (Phi) is 5.50. The molecule has 7 heteroatoms. The fraction of sp³-hybridized carbons (Fsp3) is 0.333. The Balaban J connectivity index is 1.62. The Labute approximate surface area is 169 Å². The molecule has 146 valence electrons. The Bertz CT molecular complexity index is 982. The van der Waals surface area contributed by atoms with E-state index in [-0.39, 0.29) is 0 Å². The number of ether oxygens (including phenoxy) is 1. The number of nitrogens with zero attached hydrogens (tertiary/aromatic N) is 3. The zero-order valence-corrected chi connectivity index (χ0v) is 16.5. The molecular weight excluding hydrogens is 376 g/mol. The van der Waals surface area contributed by atoms with Crippen LogP contribution in [0, 0.1) is 0 Å². The highest BCUT2D eigenvalue weighted by Crippen LogP contribution is 2.32. The lowest BCUT2D eigenvalue weighted by Gasteiger charge is -2.33. The number of aliphatic hydroxyl groups excluding tert-OH is 1. The number of rotatable bonds is 5. The van der Waals surface area contributed by atoms with E-state index >= 15 is 0 Å². The smallest absolute Gasteiger partial charge is 0.161 e. The molecule has 1 aliphatic heterocycles. The van der Waals surface area contributed by atoms with E-state index in [9.17, 15) is 5.11 Å². The van der Waals surface area contributed by atoms with Gasteiger partial charge < -0.3 is 20.1 Å². The van der Waals surface area contributed by atoms with Crippen LogP contribution in [0.15, 0.2) is 42.5 Å². The van der Waals surface area contributed by atoms with Gasteiger partial charge in [-0.15, -0.1) is 10.2 Å². The third-order valence-electron chi connectivity index (χ3n) is 5.09. The molecule has 0 bridgehead atoms. The monoisotopic (exact) mass is 398 g/mol. The molecular formula is C21H23ClN4O2. The van der Waals surface area contributed by atoms with Crippen LogP contribution in [0.5, 0.6) is 5.75 Å². The minimum atomic E-state index is -0.508. The summed E-state index contributed by atoms with van der Waals surface area (Å²) in [5, 5.41) is 25.1. The highest BCUT2D eigenvalue weighted by atomic mass is 35.5. The molecule has 1 fully saturated rings. The van der Waals surface area contributed by atoms with Gasteiger partial charge in [0.25, 0.3) is 0 Å². The number of anilines is 2. The molecule has 4 rings (SSSR count). The first-order valence-corrected chi connectivity index (χ1v) is 9.81. The first kappa shape index (κ1) is 18.8. The van der Waals surface area contributed by atoms with Crippen LogP contribution >= 0.6 is 11.6 Å². The third kappa shape index (κ3) is 3.70. The molecule has 0 saturated carbocycles. The van der Waals surface area contributed by atoms with E-state index in [4.69, 9.17) is 16.3 Å². The van der Waals surface area contributed by atoms with Crippen LogP contribution < -0.4 is 15.0 Å². The van der Waals surface area contributed by atoms with Crippen LogP contribution in [0.2, 0.25) is 5.02 Å². The summed E-state index contributed by atoms with van der Waals surface area (Å²) in [5.41, 5.74) is 1.02. The van der Waals surface area contributed by atoms with E-state index in [1.807, 2.05) is 47.4 Å². The topological polar surface area (TPSA) is 70.5 Å². The highest BCUT2D eigenvalue weighted by Gasteiger charge is 2.24. The number of piperidine rings is 1. The molecule has 0 radical (unpaired) electrons. The lowest BCUT2D eigenvalue weighted by atomic mass is 10.1. The number of nitrogens with one attached hydrogen (secondary N) is 1. The van der Waals surface area contributed by atoms with Gasteiger partial charge in [0.1, 0.15) is 12.0 Å². The minimum Gasteiger partial charge on any atom is -0.495 e. The number of methoxy groups -OCH3 is 1. The maximum absolute atomic E-state index is 10.4. The first-order chi connectivity index (χ1) is 13.7. The van der Waals surface area contributed by atoms with Crippen molar-refractivity contribution in [2.45, 2.75) is 32.0 Å². The summed E-state index contributed by atoms with van der Waals surface area (Å²) in [5.74, 6) is 2.10. The molecule has 0 spiro atoms. The Morgan fingerprint density at radius 2 is 2.00 bits per heavy atom. The lowest BCUT2D eigenvalue weighted by Crippen LogP contribution is -2.40. The van der Waals surface area contributed by atoms with E-state index in [0.29, 0.717) is 23.1 Å². The summed E-state index contributed by atoms with van der Waals surface area (Å²) in [4.78, 5) is 1.95. The first-order valence-electron chi connectivity index (χ1n) is 9.44. The van der Waals surface area contributed by atoms with E-state index in [0.717, 1.165) is 48.0 Å². The van der Waals surface area contributed by atoms with Crippen LogP contribution in [0.3, 0.4) is 0 Å². The van der Waals surface area contributed by atoms with Crippen molar-refractivity contribution < 1.29 is 9.84 Å². The van der Waals surface area contributed by atoms with Crippen LogP contribution in [0.25, 0.3) is 10.8 Å². The molecule has 1 aromatic heterocycles. The maximum atomic E-state index is 10.4. The summed E-state index contributed by atoms with van der Waals surface area (Å²) in [6, 6.07) is 13.7. The van der Waals surface area contributed by atoms with Crippen molar-refractivity contribution in [2.24, 2.45) is 0 Å². The number of fused-ring (bicyclic) bond motifs is 1. The largest absolute Gasteiger partial charge is 0.495 e. The van der Waals surface area contributed by atoms with Crippen molar-refractivity contribution >= 4 is 34.0 Å². The Morgan fingerprint density at radius 1 is 1.18 bits per heavy atom. The van der Waals surface area contributed by atoms with Crippen molar-refractivity contribution in [2.75, 3.05) is 23.9 Å². The summed E-state index contributed by atoms with van der Waals surface area (Å²) < 4.78 is 5.20. The van der Waals surface area contributed by atoms with Gasteiger partial charge in [0.15, 0.2) is 11.6 Å². The predicted octanol–water partition coefficient (Wildman–Crippen LogP) is 4.21. The third-order valence-corrected chi connectivity index (χ3v) is 5.38. The van der Waals surface area contributed by atoms with Gasteiger partial charge in [-0.2, -0.15) is 0 Å². The molecule has 2 N–H and O–H groups in total. The molecule has 1 aliphatic rings. The number of benzene rings is 2. The van der Waals surface area contributed by atoms with E-state index in [2.05, 4.69) is 15.5 Å². The average Bonchev–Trinajstić information content (AvgIpc) is 2.73. The van der Waals surface area contributed by atoms with Gasteiger partial charge in [0.2, 0.25) is 0 Å². The Morgan fingerprint density at radius 3 is 2.75 bits per heavy atom. The fourth-order valence-corrected chi connectivity index (χ4v) is 3.88. The standard InChI is InChI=1S/C21H23ClN4O2/c1-28-18-10-9-14(12-17(18)22)13-23-20-15-6-2-3-7-16(15)21(25-24-20)26-11-5-4-8-19(26)27/h2-3,6-7,9-10,12,19,27H,4-5,8,11,13H2,1H3,(H,23,24). The van der Waals surface area contributed by atoms with Crippen LogP contribution in [-0.2, 0) is 6.54 Å². The summed E-state index contributed by atoms with van der Waals surface area (Å²) in [7, 11) is 1.60. The van der Waals surface area contributed by atoms with Gasteiger partial charge in [-0.05, 0) is 37.0 Å². The molecule has 1 saturated heterocycles. The van der Waals surface area contributed by atoms with Crippen molar-refractivity contribution in [1.29, 1.82) is 0 Å². The molecule has 1 atom stereocenters. The molecule has 2 aromatic carbocycles. The Hall–Kier alpha value is -2.57. The van der Waals surface area contributed by atoms with E-state index in [1.165, 1.54) is 0 Å². The normalized spacial score (nSPS) is 17.0. The average molecular weight is 399 g/mol. The number of hydrogen-bond acceptors (Lipinski definition) is 6. The molecule has 2 heterocycles. The summed E-state index contributed by atoms with van der Waals surface area (Å²) in [6.07, 6.45) is 2.33. The SMILES string of the molecule is COc1ccc(CNc2nnc(N3CCCCC3O)c3ccccc23)cc1Cl. The zero-order chi connectivity index (χ0) is 19.5. The number of hydrogen-bond donors (Lipinski definition) is 2. The fourth-order valence-electron chi connectivity index (χ4n) is 3.60. The molecule has 0 aliphatic carbocycles. The minimum absolute atomic E-state index is 0.508. The van der Waals surface area contributed by atoms with Gasteiger partial charge in [-0.3, -0.25) is 0 Å². The summed E-state index contributed by atoms with van der Waals surface area (Å²) >= 11 is 6.22. The summed E-state index contributed by atoms with van der Waals surface area (Å²) in [6.45, 7) is 1.35. The number of halogens is 1. The number of aromatic nitrogens is 2. The zero-order valence-electron chi connectivity index (χ0n) is 15.7. The maximum Gasteiger partial charge on any atom is 0.161 e. The number of aliphatic hydroxyl groups is 1. The van der Waals surface area contributed by atoms with Crippen molar-refractivity contribution in [3.05, 3.63) is 53.1 Å². The van der Waals surface area contributed by atoms with Crippen molar-refractivity contribution in [3.8, 4) is 5.75 Å². The van der Waals surface area contributed by atoms with E-state index < -0.39 is 6.23 Å². The van der Waals surface area contributed by atoms with Gasteiger partial charge in [0, 0.05) is 23.9 Å². The second kappa shape index (κ2) is 8.20. The second-order valence-electron chi connectivity index (χ2n) is 6.91. The quantitative estimate of drug-likeness (QED) is 0.670. The molecule has 6 nitrogen and oxygen atoms in total. The van der Waals surface area contributed by atoms with Gasteiger partial charge >= 0.3 is 0 Å². The second-order valence-corrected chi connectivity index (χ2v) is 7.32. The predicted molar refractivity (Wildman–Crippen MR) is 112 cm³/mol. The molecule has 1 unspecified atom stereocenters. The van der Waals surface area contributed by atoms with E-state index in [1.54, 1.807) is 7.11 Å². The highest BCUT2D eigenvalue weighted by molar-refractivity contribution is 6.32. The van der Waals surface area contributed by atoms with Gasteiger partial charge in [-0.25, -0.2) is 0 Å². The lowest BCUT2D eigenvalue weighted by molar-refractivity contribution is 0.139. The van der Waals surface area contributed by atoms with Crippen LogP contribution in [0.4, 0.5) is 11.6 Å². The van der Waals surface area contributed by atoms with Crippen LogP contribution in [0.1, 0.15) is 24.8 Å². The van der Waals surface area contributed by atoms with Gasteiger partial charge in [-0.1, -0.05) is 41.9 Å². The van der Waals surface area contributed by atoms with Crippen molar-refractivity contribution in [1.82, 2.24) is 10.2 Å². The molecule has 0 amide bonds. The van der Waals surface area contributed by atoms with Crippen molar-refractivity contribution in [3.63, 3.8) is 0 Å². The van der Waals surface area contributed by atoms with Gasteiger partial charge in [0.05, 0.1) is 12.1 Å².